The fraction of sp³-hybridized carbons (Fsp3) is 0.300. The van der Waals surface area contributed by atoms with Gasteiger partial charge in [-0.2, -0.15) is 15.0 Å². The summed E-state index contributed by atoms with van der Waals surface area (Å²) in [6.45, 7) is 0. The van der Waals surface area contributed by atoms with Gasteiger partial charge < -0.3 is 5.32 Å². The molecule has 2 heterocycles. The summed E-state index contributed by atoms with van der Waals surface area (Å²) in [4.78, 5) is 17.3. The summed E-state index contributed by atoms with van der Waals surface area (Å²) >= 11 is 0. The van der Waals surface area contributed by atoms with Gasteiger partial charge in [0.1, 0.15) is 11.6 Å². The van der Waals surface area contributed by atoms with E-state index in [1.165, 1.54) is 17.3 Å². The van der Waals surface area contributed by atoms with Gasteiger partial charge in [-0.1, -0.05) is 37.5 Å². The Morgan fingerprint density at radius 2 is 1.96 bits per heavy atom. The Morgan fingerprint density at radius 3 is 2.77 bits per heavy atom. The first-order valence-corrected chi connectivity index (χ1v) is 8.91. The monoisotopic (exact) mass is 345 g/mol. The number of nitrogens with one attached hydrogen (secondary N) is 1. The summed E-state index contributed by atoms with van der Waals surface area (Å²) in [5.74, 6) is 0.932. The third kappa shape index (κ3) is 3.04. The number of fused-ring (bicyclic) bond motifs is 1. The molecule has 26 heavy (non-hydrogen) atoms. The van der Waals surface area contributed by atoms with Gasteiger partial charge in [-0.05, 0) is 31.0 Å². The highest BCUT2D eigenvalue weighted by Gasteiger charge is 2.24. The molecular weight excluding hydrogens is 326 g/mol. The molecule has 1 aliphatic rings. The van der Waals surface area contributed by atoms with Crippen molar-refractivity contribution in [3.05, 3.63) is 48.2 Å². The molecule has 1 N–H and O–H groups in total. The summed E-state index contributed by atoms with van der Waals surface area (Å²) in [5.41, 5.74) is 1.17. The van der Waals surface area contributed by atoms with Crippen LogP contribution >= 0.6 is 0 Å². The minimum atomic E-state index is -0.0382. The van der Waals surface area contributed by atoms with Gasteiger partial charge in [-0.3, -0.25) is 4.79 Å². The summed E-state index contributed by atoms with van der Waals surface area (Å²) in [6.07, 6.45) is 6.61. The normalized spacial score (nSPS) is 14.9. The number of anilines is 1. The Labute approximate surface area is 151 Å². The molecule has 2 aromatic heterocycles. The van der Waals surface area contributed by atoms with Gasteiger partial charge in [0.2, 0.25) is 5.91 Å². The number of nitrogens with zero attached hydrogens (tertiary/aromatic N) is 4. The summed E-state index contributed by atoms with van der Waals surface area (Å²) in [6, 6.07) is 13.7. The number of carbonyl (C=O) groups excluding carboxylic acids is 1. The van der Waals surface area contributed by atoms with Crippen molar-refractivity contribution in [2.24, 2.45) is 5.92 Å². The van der Waals surface area contributed by atoms with Crippen molar-refractivity contribution in [3.8, 4) is 11.9 Å². The van der Waals surface area contributed by atoms with E-state index in [1.54, 1.807) is 0 Å². The van der Waals surface area contributed by atoms with Gasteiger partial charge in [0.05, 0.1) is 11.7 Å². The van der Waals surface area contributed by atoms with Crippen LogP contribution in [0.15, 0.2) is 42.6 Å². The SMILES string of the molecule is N#Cc1cnn(-c2ccc3ccccc3n2)c1NC(=O)C1CCCCC1. The fourth-order valence-electron chi connectivity index (χ4n) is 3.48. The van der Waals surface area contributed by atoms with Crippen LogP contribution < -0.4 is 5.32 Å². The molecule has 1 aromatic carbocycles. The van der Waals surface area contributed by atoms with Crippen LogP contribution in [0, 0.1) is 17.2 Å². The second-order valence-corrected chi connectivity index (χ2v) is 6.62. The van der Waals surface area contributed by atoms with E-state index in [9.17, 15) is 10.1 Å². The molecule has 1 fully saturated rings. The fourth-order valence-corrected chi connectivity index (χ4v) is 3.48. The van der Waals surface area contributed by atoms with Crippen LogP contribution in [-0.4, -0.2) is 20.7 Å². The molecule has 0 unspecified atom stereocenters. The lowest BCUT2D eigenvalue weighted by atomic mass is 9.89. The van der Waals surface area contributed by atoms with Gasteiger partial charge >= 0.3 is 0 Å². The quantitative estimate of drug-likeness (QED) is 0.782. The van der Waals surface area contributed by atoms with E-state index >= 15 is 0 Å². The number of aromatic nitrogens is 3. The van der Waals surface area contributed by atoms with Crippen LogP contribution in [-0.2, 0) is 4.79 Å². The van der Waals surface area contributed by atoms with E-state index in [0.29, 0.717) is 17.2 Å². The lowest BCUT2D eigenvalue weighted by Crippen LogP contribution is -2.26. The molecule has 0 radical (unpaired) electrons. The Bertz CT molecular complexity index is 995. The molecule has 0 bridgehead atoms. The van der Waals surface area contributed by atoms with Crippen molar-refractivity contribution >= 4 is 22.6 Å². The standard InChI is InChI=1S/C20H19N5O/c21-12-16-13-22-25(18-11-10-14-6-4-5-9-17(14)23-18)19(16)24-20(26)15-7-2-1-3-8-15/h4-6,9-11,13,15H,1-3,7-8H2,(H,24,26). The molecule has 1 saturated carbocycles. The van der Waals surface area contributed by atoms with Crippen LogP contribution in [0.5, 0.6) is 0 Å². The molecular formula is C20H19N5O. The highest BCUT2D eigenvalue weighted by atomic mass is 16.2. The average Bonchev–Trinajstić information content (AvgIpc) is 3.10. The molecule has 1 aliphatic carbocycles. The summed E-state index contributed by atoms with van der Waals surface area (Å²) < 4.78 is 1.53. The number of amides is 1. The van der Waals surface area contributed by atoms with Crippen molar-refractivity contribution in [1.29, 1.82) is 5.26 Å². The van der Waals surface area contributed by atoms with Gasteiger partial charge in [0.25, 0.3) is 0 Å². The molecule has 1 amide bonds. The zero-order valence-electron chi connectivity index (χ0n) is 14.4. The first-order valence-electron chi connectivity index (χ1n) is 8.91. The second-order valence-electron chi connectivity index (χ2n) is 6.62. The predicted molar refractivity (Wildman–Crippen MR) is 98.8 cm³/mol. The number of hydrogen-bond acceptors (Lipinski definition) is 4. The van der Waals surface area contributed by atoms with Crippen LogP contribution in [0.1, 0.15) is 37.7 Å². The molecule has 4 rings (SSSR count). The maximum Gasteiger partial charge on any atom is 0.228 e. The van der Waals surface area contributed by atoms with Gasteiger partial charge in [0, 0.05) is 11.3 Å². The maximum absolute atomic E-state index is 12.6. The number of carbonyl (C=O) groups is 1. The smallest absolute Gasteiger partial charge is 0.228 e. The van der Waals surface area contributed by atoms with Crippen LogP contribution in [0.25, 0.3) is 16.7 Å². The molecule has 0 atom stereocenters. The Morgan fingerprint density at radius 1 is 1.15 bits per heavy atom. The third-order valence-corrected chi connectivity index (χ3v) is 4.91. The molecule has 130 valence electrons. The minimum Gasteiger partial charge on any atom is -0.309 e. The predicted octanol–water partition coefficient (Wildman–Crippen LogP) is 3.81. The van der Waals surface area contributed by atoms with Crippen LogP contribution in [0.4, 0.5) is 5.82 Å². The van der Waals surface area contributed by atoms with E-state index in [1.807, 2.05) is 36.4 Å². The minimum absolute atomic E-state index is 0.00297. The average molecular weight is 345 g/mol. The Kier molecular flexibility index (Phi) is 4.36. The van der Waals surface area contributed by atoms with Crippen LogP contribution in [0.2, 0.25) is 0 Å². The third-order valence-electron chi connectivity index (χ3n) is 4.91. The zero-order valence-corrected chi connectivity index (χ0v) is 14.4. The van der Waals surface area contributed by atoms with Crippen molar-refractivity contribution in [1.82, 2.24) is 14.8 Å². The van der Waals surface area contributed by atoms with E-state index in [2.05, 4.69) is 21.5 Å². The number of nitriles is 1. The lowest BCUT2D eigenvalue weighted by Gasteiger charge is -2.21. The van der Waals surface area contributed by atoms with Crippen molar-refractivity contribution < 1.29 is 4.79 Å². The largest absolute Gasteiger partial charge is 0.309 e. The van der Waals surface area contributed by atoms with E-state index < -0.39 is 0 Å². The van der Waals surface area contributed by atoms with Crippen molar-refractivity contribution in [2.75, 3.05) is 5.32 Å². The number of benzene rings is 1. The van der Waals surface area contributed by atoms with Gasteiger partial charge in [-0.15, -0.1) is 0 Å². The Balaban J connectivity index is 1.69. The molecule has 6 nitrogen and oxygen atoms in total. The van der Waals surface area contributed by atoms with E-state index in [0.717, 1.165) is 36.6 Å². The van der Waals surface area contributed by atoms with Gasteiger partial charge in [0.15, 0.2) is 11.6 Å². The molecule has 0 aliphatic heterocycles. The van der Waals surface area contributed by atoms with Crippen LogP contribution in [0.3, 0.4) is 0 Å². The second kappa shape index (κ2) is 6.96. The number of pyridine rings is 1. The zero-order chi connectivity index (χ0) is 17.9. The first kappa shape index (κ1) is 16.3. The van der Waals surface area contributed by atoms with Gasteiger partial charge in [-0.25, -0.2) is 4.98 Å². The molecule has 6 heteroatoms. The maximum atomic E-state index is 12.6. The highest BCUT2D eigenvalue weighted by Crippen LogP contribution is 2.27. The summed E-state index contributed by atoms with van der Waals surface area (Å²) in [7, 11) is 0. The van der Waals surface area contributed by atoms with Crippen molar-refractivity contribution in [3.63, 3.8) is 0 Å². The lowest BCUT2D eigenvalue weighted by molar-refractivity contribution is -0.120. The topological polar surface area (TPSA) is 83.6 Å². The van der Waals surface area contributed by atoms with E-state index in [-0.39, 0.29) is 11.8 Å². The van der Waals surface area contributed by atoms with E-state index in [4.69, 9.17) is 0 Å². The van der Waals surface area contributed by atoms with Crippen molar-refractivity contribution in [2.45, 2.75) is 32.1 Å². The first-order chi connectivity index (χ1) is 12.8. The Hall–Kier alpha value is -3.20. The molecule has 3 aromatic rings. The molecule has 0 saturated heterocycles. The molecule has 0 spiro atoms. The highest BCUT2D eigenvalue weighted by molar-refractivity contribution is 5.93. The summed E-state index contributed by atoms with van der Waals surface area (Å²) in [5, 5.41) is 17.6. The number of para-hydroxylation sites is 1. The number of hydrogen-bond donors (Lipinski definition) is 1. The number of rotatable bonds is 3.